The summed E-state index contributed by atoms with van der Waals surface area (Å²) in [6.45, 7) is 3.18. The fraction of sp³-hybridized carbons (Fsp3) is 0.714. The average molecular weight is 342 g/mol. The summed E-state index contributed by atoms with van der Waals surface area (Å²) in [5.74, 6) is 0.903. The molecule has 0 unspecified atom stereocenters. The first-order valence-electron chi connectivity index (χ1n) is 7.48. The van der Waals surface area contributed by atoms with E-state index in [-0.39, 0.29) is 17.9 Å². The van der Waals surface area contributed by atoms with Gasteiger partial charge in [-0.15, -0.1) is 5.10 Å². The molecule has 22 heavy (non-hydrogen) atoms. The molecule has 1 aliphatic rings. The molecule has 1 aliphatic heterocycles. The zero-order valence-electron chi connectivity index (χ0n) is 13.0. The van der Waals surface area contributed by atoms with Crippen molar-refractivity contribution in [1.82, 2.24) is 19.8 Å². The van der Waals surface area contributed by atoms with Gasteiger partial charge in [-0.25, -0.2) is 0 Å². The molecule has 1 aromatic rings. The van der Waals surface area contributed by atoms with E-state index < -0.39 is 0 Å². The Morgan fingerprint density at radius 1 is 1.45 bits per heavy atom. The van der Waals surface area contributed by atoms with Gasteiger partial charge in [0.1, 0.15) is 4.88 Å². The molecule has 0 aromatic carbocycles. The van der Waals surface area contributed by atoms with Crippen LogP contribution < -0.4 is 5.32 Å². The number of carbonyl (C=O) groups is 2. The van der Waals surface area contributed by atoms with E-state index in [2.05, 4.69) is 14.9 Å². The van der Waals surface area contributed by atoms with Gasteiger partial charge in [-0.05, 0) is 44.0 Å². The van der Waals surface area contributed by atoms with Crippen LogP contribution in [0.15, 0.2) is 0 Å². The smallest absolute Gasteiger partial charge is 0.265 e. The molecule has 8 heteroatoms. The number of amides is 2. The summed E-state index contributed by atoms with van der Waals surface area (Å²) in [6, 6.07) is 0.00901. The topological polar surface area (TPSA) is 75.2 Å². The van der Waals surface area contributed by atoms with Gasteiger partial charge in [-0.1, -0.05) is 4.49 Å². The van der Waals surface area contributed by atoms with Crippen LogP contribution in [0.25, 0.3) is 0 Å². The van der Waals surface area contributed by atoms with Crippen LogP contribution >= 0.6 is 23.3 Å². The maximum atomic E-state index is 12.3. The molecule has 6 nitrogen and oxygen atoms in total. The van der Waals surface area contributed by atoms with E-state index in [1.807, 2.05) is 11.2 Å². The highest BCUT2D eigenvalue weighted by molar-refractivity contribution is 7.98. The first-order chi connectivity index (χ1) is 10.6. The Morgan fingerprint density at radius 2 is 2.27 bits per heavy atom. The Morgan fingerprint density at radius 3 is 2.95 bits per heavy atom. The quantitative estimate of drug-likeness (QED) is 0.882. The van der Waals surface area contributed by atoms with E-state index in [1.165, 1.54) is 0 Å². The number of aromatic nitrogens is 2. The number of rotatable bonds is 5. The Balaban J connectivity index is 1.94. The zero-order valence-corrected chi connectivity index (χ0v) is 14.6. The van der Waals surface area contributed by atoms with Gasteiger partial charge in [0.25, 0.3) is 5.91 Å². The van der Waals surface area contributed by atoms with E-state index >= 15 is 0 Å². The molecule has 0 bridgehead atoms. The summed E-state index contributed by atoms with van der Waals surface area (Å²) in [5.41, 5.74) is 0.657. The Hall–Kier alpha value is -1.15. The third-order valence-electron chi connectivity index (χ3n) is 3.74. The van der Waals surface area contributed by atoms with Crippen molar-refractivity contribution in [3.05, 3.63) is 10.6 Å². The van der Waals surface area contributed by atoms with Crippen molar-refractivity contribution >= 4 is 35.1 Å². The molecule has 2 amide bonds. The predicted octanol–water partition coefficient (Wildman–Crippen LogP) is 1.71. The molecular formula is C14H22N4O2S2. The summed E-state index contributed by atoms with van der Waals surface area (Å²) >= 11 is 2.79. The lowest BCUT2D eigenvalue weighted by Gasteiger charge is -2.25. The molecule has 2 heterocycles. The van der Waals surface area contributed by atoms with Crippen LogP contribution in [0.4, 0.5) is 0 Å². The molecule has 1 N–H and O–H groups in total. The zero-order chi connectivity index (χ0) is 15.9. The second-order valence-corrected chi connectivity index (χ2v) is 7.18. The average Bonchev–Trinajstić information content (AvgIpc) is 2.79. The van der Waals surface area contributed by atoms with Crippen LogP contribution in [0.5, 0.6) is 0 Å². The van der Waals surface area contributed by atoms with Crippen molar-refractivity contribution < 1.29 is 9.59 Å². The maximum absolute atomic E-state index is 12.3. The van der Waals surface area contributed by atoms with Crippen molar-refractivity contribution in [1.29, 1.82) is 0 Å². The molecule has 0 spiro atoms. The van der Waals surface area contributed by atoms with E-state index in [1.54, 1.807) is 18.7 Å². The van der Waals surface area contributed by atoms with Crippen molar-refractivity contribution in [2.45, 2.75) is 38.6 Å². The fourth-order valence-electron chi connectivity index (χ4n) is 2.52. The highest BCUT2D eigenvalue weighted by Crippen LogP contribution is 2.15. The molecule has 1 saturated heterocycles. The number of nitrogens with one attached hydrogen (secondary N) is 1. The number of carbonyl (C=O) groups excluding carboxylic acids is 2. The number of aryl methyl sites for hydroxylation is 1. The lowest BCUT2D eigenvalue weighted by atomic mass is 10.1. The molecule has 1 atom stereocenters. The van der Waals surface area contributed by atoms with Gasteiger partial charge in [-0.3, -0.25) is 9.59 Å². The minimum absolute atomic E-state index is 0.00901. The highest BCUT2D eigenvalue weighted by Gasteiger charge is 2.24. The predicted molar refractivity (Wildman–Crippen MR) is 89.3 cm³/mol. The Kier molecular flexibility index (Phi) is 6.63. The minimum Gasteiger partial charge on any atom is -0.347 e. The molecule has 2 rings (SSSR count). The van der Waals surface area contributed by atoms with Crippen LogP contribution in [0.1, 0.15) is 41.0 Å². The third-order valence-corrected chi connectivity index (χ3v) is 5.18. The number of likely N-dealkylation sites (tertiary alicyclic amines) is 1. The summed E-state index contributed by atoms with van der Waals surface area (Å²) in [5, 5.41) is 6.90. The number of nitrogens with zero attached hydrogens (tertiary/aromatic N) is 3. The molecule has 0 aliphatic carbocycles. The number of thioether (sulfide) groups is 1. The minimum atomic E-state index is -0.129. The van der Waals surface area contributed by atoms with Gasteiger partial charge in [0.2, 0.25) is 5.91 Å². The Labute approximate surface area is 139 Å². The van der Waals surface area contributed by atoms with Gasteiger partial charge < -0.3 is 10.2 Å². The summed E-state index contributed by atoms with van der Waals surface area (Å²) in [4.78, 5) is 26.9. The maximum Gasteiger partial charge on any atom is 0.265 e. The van der Waals surface area contributed by atoms with E-state index in [9.17, 15) is 9.59 Å². The molecule has 0 saturated carbocycles. The van der Waals surface area contributed by atoms with Crippen molar-refractivity contribution in [2.24, 2.45) is 0 Å². The van der Waals surface area contributed by atoms with Crippen LogP contribution in [0, 0.1) is 6.92 Å². The number of hydrogen-bond acceptors (Lipinski definition) is 6. The van der Waals surface area contributed by atoms with E-state index in [4.69, 9.17) is 0 Å². The van der Waals surface area contributed by atoms with Gasteiger partial charge in [0.05, 0.1) is 5.69 Å². The normalized spacial score (nSPS) is 18.8. The van der Waals surface area contributed by atoms with E-state index in [0.717, 1.165) is 43.1 Å². The molecular weight excluding hydrogens is 320 g/mol. The summed E-state index contributed by atoms with van der Waals surface area (Å²) in [7, 11) is 0. The summed E-state index contributed by atoms with van der Waals surface area (Å²) < 4.78 is 3.80. The van der Waals surface area contributed by atoms with Crippen LogP contribution in [-0.2, 0) is 4.79 Å². The molecule has 0 radical (unpaired) electrons. The largest absolute Gasteiger partial charge is 0.347 e. The molecule has 122 valence electrons. The summed E-state index contributed by atoms with van der Waals surface area (Å²) in [6.07, 6.45) is 5.50. The van der Waals surface area contributed by atoms with E-state index in [0.29, 0.717) is 23.5 Å². The van der Waals surface area contributed by atoms with Crippen LogP contribution in [0.2, 0.25) is 0 Å². The second kappa shape index (κ2) is 8.47. The SMILES string of the molecule is CSCCC(=O)N1CCCC[C@H](NC(=O)c2snnc2C)C1. The molecule has 1 fully saturated rings. The van der Waals surface area contributed by atoms with Crippen molar-refractivity contribution in [2.75, 3.05) is 25.1 Å². The lowest BCUT2D eigenvalue weighted by molar-refractivity contribution is -0.130. The first-order valence-corrected chi connectivity index (χ1v) is 9.65. The van der Waals surface area contributed by atoms with Gasteiger partial charge in [0, 0.05) is 31.3 Å². The van der Waals surface area contributed by atoms with Crippen molar-refractivity contribution in [3.8, 4) is 0 Å². The Bertz CT molecular complexity index is 521. The highest BCUT2D eigenvalue weighted by atomic mass is 32.2. The number of hydrogen-bond donors (Lipinski definition) is 1. The standard InChI is InChI=1S/C14H22N4O2S2/c1-10-13(22-17-16-10)14(20)15-11-5-3-4-7-18(9-11)12(19)6-8-21-2/h11H,3-9H2,1-2H3,(H,15,20)/t11-/m0/s1. The van der Waals surface area contributed by atoms with Crippen LogP contribution in [0.3, 0.4) is 0 Å². The molecule has 1 aromatic heterocycles. The van der Waals surface area contributed by atoms with Gasteiger partial charge >= 0.3 is 0 Å². The van der Waals surface area contributed by atoms with Gasteiger partial charge in [-0.2, -0.15) is 11.8 Å². The second-order valence-electron chi connectivity index (χ2n) is 5.44. The van der Waals surface area contributed by atoms with Crippen LogP contribution in [-0.4, -0.2) is 57.4 Å². The third kappa shape index (κ3) is 4.67. The van der Waals surface area contributed by atoms with Gasteiger partial charge in [0.15, 0.2) is 0 Å². The fourth-order valence-corrected chi connectivity index (χ4v) is 3.46. The first kappa shape index (κ1) is 17.2. The lowest BCUT2D eigenvalue weighted by Crippen LogP contribution is -2.44. The van der Waals surface area contributed by atoms with Crippen molar-refractivity contribution in [3.63, 3.8) is 0 Å². The monoisotopic (exact) mass is 342 g/mol.